The highest BCUT2D eigenvalue weighted by atomic mass is 35.5. The maximum Gasteiger partial charge on any atom is 0.323 e. The van der Waals surface area contributed by atoms with Crippen molar-refractivity contribution in [1.29, 1.82) is 0 Å². The monoisotopic (exact) mass is 327 g/mol. The fraction of sp³-hybridized carbons (Fsp3) is 0.0588. The molecule has 0 aliphatic heterocycles. The highest BCUT2D eigenvalue weighted by molar-refractivity contribution is 6.30. The number of aromatic amines is 1. The summed E-state index contributed by atoms with van der Waals surface area (Å²) in [6.07, 6.45) is 0. The largest absolute Gasteiger partial charge is 0.323 e. The lowest BCUT2D eigenvalue weighted by Gasteiger charge is -2.09. The molecular formula is C17H14ClN3O2. The van der Waals surface area contributed by atoms with E-state index in [9.17, 15) is 9.59 Å². The molecule has 3 N–H and O–H groups in total. The van der Waals surface area contributed by atoms with Gasteiger partial charge in [-0.2, -0.15) is 0 Å². The van der Waals surface area contributed by atoms with Crippen molar-refractivity contribution in [3.05, 3.63) is 69.5 Å². The van der Waals surface area contributed by atoms with Gasteiger partial charge in [-0.25, -0.2) is 4.79 Å². The highest BCUT2D eigenvalue weighted by Crippen LogP contribution is 2.18. The van der Waals surface area contributed by atoms with Crippen LogP contribution in [0, 0.1) is 6.92 Å². The van der Waals surface area contributed by atoms with Crippen LogP contribution in [-0.4, -0.2) is 11.0 Å². The summed E-state index contributed by atoms with van der Waals surface area (Å²) in [4.78, 5) is 26.5. The number of halogens is 1. The maximum absolute atomic E-state index is 12.0. The van der Waals surface area contributed by atoms with Crippen molar-refractivity contribution in [2.45, 2.75) is 6.92 Å². The number of benzene rings is 2. The number of rotatable bonds is 2. The van der Waals surface area contributed by atoms with Crippen molar-refractivity contribution in [3.63, 3.8) is 0 Å². The van der Waals surface area contributed by atoms with Crippen LogP contribution in [0.3, 0.4) is 0 Å². The van der Waals surface area contributed by atoms with Gasteiger partial charge in [-0.1, -0.05) is 17.7 Å². The van der Waals surface area contributed by atoms with Crippen LogP contribution in [0.4, 0.5) is 16.2 Å². The lowest BCUT2D eigenvalue weighted by atomic mass is 10.1. The minimum Gasteiger partial charge on any atom is -0.322 e. The zero-order valence-corrected chi connectivity index (χ0v) is 13.1. The first kappa shape index (κ1) is 15.1. The molecule has 0 bridgehead atoms. The first-order valence-electron chi connectivity index (χ1n) is 6.98. The van der Waals surface area contributed by atoms with Crippen molar-refractivity contribution in [2.75, 3.05) is 10.6 Å². The molecule has 5 nitrogen and oxygen atoms in total. The minimum absolute atomic E-state index is 0.139. The van der Waals surface area contributed by atoms with Gasteiger partial charge in [0.05, 0.1) is 5.52 Å². The van der Waals surface area contributed by atoms with Gasteiger partial charge < -0.3 is 15.6 Å². The smallest absolute Gasteiger partial charge is 0.322 e. The van der Waals surface area contributed by atoms with E-state index in [0.29, 0.717) is 27.5 Å². The molecule has 1 heterocycles. The van der Waals surface area contributed by atoms with Crippen molar-refractivity contribution in [3.8, 4) is 0 Å². The van der Waals surface area contributed by atoms with E-state index < -0.39 is 0 Å². The van der Waals surface area contributed by atoms with Crippen molar-refractivity contribution in [1.82, 2.24) is 4.98 Å². The van der Waals surface area contributed by atoms with Gasteiger partial charge in [-0.05, 0) is 54.8 Å². The van der Waals surface area contributed by atoms with Gasteiger partial charge in [0.1, 0.15) is 0 Å². The fourth-order valence-corrected chi connectivity index (χ4v) is 2.34. The number of fused-ring (bicyclic) bond motifs is 1. The first-order chi connectivity index (χ1) is 11.0. The Balaban J connectivity index is 1.78. The standard InChI is InChI=1S/C17H14ClN3O2/c1-10-8-11-2-5-14(9-15(11)21-16(10)22)20-17(23)19-13-6-3-12(18)4-7-13/h2-9H,1H3,(H,21,22)(H2,19,20,23). The summed E-state index contributed by atoms with van der Waals surface area (Å²) in [5, 5.41) is 6.94. The van der Waals surface area contributed by atoms with Crippen LogP contribution in [0.1, 0.15) is 5.56 Å². The Morgan fingerprint density at radius 2 is 1.65 bits per heavy atom. The van der Waals surface area contributed by atoms with Gasteiger partial charge in [-0.15, -0.1) is 0 Å². The topological polar surface area (TPSA) is 74.0 Å². The van der Waals surface area contributed by atoms with E-state index in [1.807, 2.05) is 12.1 Å². The molecule has 6 heteroatoms. The van der Waals surface area contributed by atoms with Crippen molar-refractivity contribution >= 4 is 39.9 Å². The number of aromatic nitrogens is 1. The molecule has 0 spiro atoms. The molecule has 116 valence electrons. The van der Waals surface area contributed by atoms with Gasteiger partial charge in [0.15, 0.2) is 0 Å². The number of urea groups is 1. The van der Waals surface area contributed by atoms with Crippen molar-refractivity contribution < 1.29 is 4.79 Å². The lowest BCUT2D eigenvalue weighted by molar-refractivity contribution is 0.262. The summed E-state index contributed by atoms with van der Waals surface area (Å²) >= 11 is 5.80. The predicted octanol–water partition coefficient (Wildman–Crippen LogP) is 4.13. The first-order valence-corrected chi connectivity index (χ1v) is 7.36. The number of carbonyl (C=O) groups is 1. The molecule has 0 aliphatic carbocycles. The van der Waals surface area contributed by atoms with Crippen LogP contribution in [0.25, 0.3) is 10.9 Å². The Kier molecular flexibility index (Phi) is 4.04. The van der Waals surface area contributed by atoms with Crippen LogP contribution in [-0.2, 0) is 0 Å². The number of hydrogen-bond donors (Lipinski definition) is 3. The van der Waals surface area contributed by atoms with Crippen molar-refractivity contribution in [2.24, 2.45) is 0 Å². The molecule has 0 fully saturated rings. The van der Waals surface area contributed by atoms with Gasteiger partial charge in [0.25, 0.3) is 5.56 Å². The zero-order chi connectivity index (χ0) is 16.4. The molecule has 0 unspecified atom stereocenters. The summed E-state index contributed by atoms with van der Waals surface area (Å²) in [6.45, 7) is 1.75. The van der Waals surface area contributed by atoms with Gasteiger partial charge in [-0.3, -0.25) is 4.79 Å². The van der Waals surface area contributed by atoms with E-state index in [0.717, 1.165) is 5.39 Å². The molecule has 2 amide bonds. The van der Waals surface area contributed by atoms with E-state index in [1.165, 1.54) is 0 Å². The second kappa shape index (κ2) is 6.14. The van der Waals surface area contributed by atoms with E-state index >= 15 is 0 Å². The van der Waals surface area contributed by atoms with Crippen LogP contribution in [0.5, 0.6) is 0 Å². The molecule has 0 atom stereocenters. The quantitative estimate of drug-likeness (QED) is 0.662. The summed E-state index contributed by atoms with van der Waals surface area (Å²) in [5.41, 5.74) is 2.41. The molecule has 2 aromatic carbocycles. The summed E-state index contributed by atoms with van der Waals surface area (Å²) in [5.74, 6) is 0. The van der Waals surface area contributed by atoms with Crippen LogP contribution in [0.2, 0.25) is 5.02 Å². The number of hydrogen-bond acceptors (Lipinski definition) is 2. The van der Waals surface area contributed by atoms with Crippen LogP contribution in [0.15, 0.2) is 53.3 Å². The number of nitrogens with one attached hydrogen (secondary N) is 3. The number of aryl methyl sites for hydroxylation is 1. The average Bonchev–Trinajstić information content (AvgIpc) is 2.51. The average molecular weight is 328 g/mol. The number of carbonyl (C=O) groups excluding carboxylic acids is 1. The molecule has 0 radical (unpaired) electrons. The number of H-pyrrole nitrogens is 1. The Bertz CT molecular complexity index is 933. The van der Waals surface area contributed by atoms with Gasteiger partial charge >= 0.3 is 6.03 Å². The number of pyridine rings is 1. The SMILES string of the molecule is Cc1cc2ccc(NC(=O)Nc3ccc(Cl)cc3)cc2[nH]c1=O. The zero-order valence-electron chi connectivity index (χ0n) is 12.3. The maximum atomic E-state index is 12.0. The highest BCUT2D eigenvalue weighted by Gasteiger charge is 2.05. The molecule has 1 aromatic heterocycles. The van der Waals surface area contributed by atoms with E-state index in [-0.39, 0.29) is 11.6 Å². The second-order valence-corrected chi connectivity index (χ2v) is 5.61. The second-order valence-electron chi connectivity index (χ2n) is 5.17. The van der Waals surface area contributed by atoms with Gasteiger partial charge in [0.2, 0.25) is 0 Å². The summed E-state index contributed by atoms with van der Waals surface area (Å²) in [7, 11) is 0. The molecule has 0 saturated carbocycles. The minimum atomic E-state index is -0.374. The molecule has 3 rings (SSSR count). The number of anilines is 2. The van der Waals surface area contributed by atoms with Crippen LogP contribution < -0.4 is 16.2 Å². The normalized spacial score (nSPS) is 10.5. The third kappa shape index (κ3) is 3.52. The fourth-order valence-electron chi connectivity index (χ4n) is 2.21. The Labute approximate surface area is 137 Å². The lowest BCUT2D eigenvalue weighted by Crippen LogP contribution is -2.19. The summed E-state index contributed by atoms with van der Waals surface area (Å²) < 4.78 is 0. The molecular weight excluding hydrogens is 314 g/mol. The third-order valence-electron chi connectivity index (χ3n) is 3.39. The Morgan fingerprint density at radius 1 is 1.00 bits per heavy atom. The molecule has 3 aromatic rings. The summed E-state index contributed by atoms with van der Waals surface area (Å²) in [6, 6.07) is 13.6. The Hall–Kier alpha value is -2.79. The molecule has 23 heavy (non-hydrogen) atoms. The van der Waals surface area contributed by atoms with E-state index in [2.05, 4.69) is 15.6 Å². The number of amides is 2. The van der Waals surface area contributed by atoms with E-state index in [1.54, 1.807) is 43.3 Å². The van der Waals surface area contributed by atoms with Gasteiger partial charge in [0, 0.05) is 22.0 Å². The third-order valence-corrected chi connectivity index (χ3v) is 3.64. The van der Waals surface area contributed by atoms with E-state index in [4.69, 9.17) is 11.6 Å². The Morgan fingerprint density at radius 3 is 2.39 bits per heavy atom. The molecule has 0 saturated heterocycles. The van der Waals surface area contributed by atoms with Crippen LogP contribution >= 0.6 is 11.6 Å². The molecule has 0 aliphatic rings. The predicted molar refractivity (Wildman–Crippen MR) is 93.4 cm³/mol.